The lowest BCUT2D eigenvalue weighted by atomic mass is 10.2. The number of aromatic amines is 2. The van der Waals surface area contributed by atoms with Gasteiger partial charge < -0.3 is 20.7 Å². The predicted molar refractivity (Wildman–Crippen MR) is 82.9 cm³/mol. The van der Waals surface area contributed by atoms with Crippen LogP contribution in [0.5, 0.6) is 0 Å². The van der Waals surface area contributed by atoms with Gasteiger partial charge in [-0.25, -0.2) is 4.98 Å². The molecule has 3 aromatic rings. The van der Waals surface area contributed by atoms with Crippen molar-refractivity contribution in [1.82, 2.24) is 20.2 Å². The number of amides is 1. The average Bonchev–Trinajstić information content (AvgIpc) is 3.09. The molecule has 0 saturated heterocycles. The first-order valence-electron chi connectivity index (χ1n) is 6.82. The van der Waals surface area contributed by atoms with Gasteiger partial charge >= 0.3 is 0 Å². The number of H-pyrrole nitrogens is 2. The van der Waals surface area contributed by atoms with Crippen LogP contribution in [0.3, 0.4) is 0 Å². The van der Waals surface area contributed by atoms with Gasteiger partial charge in [-0.1, -0.05) is 0 Å². The van der Waals surface area contributed by atoms with Crippen LogP contribution >= 0.6 is 0 Å². The Morgan fingerprint density at radius 3 is 2.95 bits per heavy atom. The van der Waals surface area contributed by atoms with Crippen molar-refractivity contribution in [2.45, 2.75) is 6.92 Å². The number of carbonyl (C=O) groups excluding carboxylic acids is 1. The van der Waals surface area contributed by atoms with Crippen molar-refractivity contribution in [2.75, 3.05) is 23.8 Å². The summed E-state index contributed by atoms with van der Waals surface area (Å²) < 4.78 is 0. The molecule has 114 valence electrons. The smallest absolute Gasteiger partial charge is 0.258 e. The average molecular weight is 300 g/mol. The van der Waals surface area contributed by atoms with Crippen LogP contribution in [0.25, 0.3) is 11.0 Å². The van der Waals surface area contributed by atoms with Gasteiger partial charge in [-0.05, 0) is 19.1 Å². The number of nitrogens with zero attached hydrogens (tertiary/aromatic N) is 2. The summed E-state index contributed by atoms with van der Waals surface area (Å²) >= 11 is 0. The van der Waals surface area contributed by atoms with Gasteiger partial charge in [0, 0.05) is 29.9 Å². The fourth-order valence-corrected chi connectivity index (χ4v) is 2.10. The fraction of sp³-hybridized carbons (Fsp3) is 0.214. The molecule has 0 aliphatic carbocycles. The summed E-state index contributed by atoms with van der Waals surface area (Å²) in [5.41, 5.74) is 1.99. The summed E-state index contributed by atoms with van der Waals surface area (Å²) in [5, 5.41) is 22.1. The molecule has 0 spiro atoms. The van der Waals surface area contributed by atoms with Gasteiger partial charge in [-0.15, -0.1) is 0 Å². The van der Waals surface area contributed by atoms with E-state index in [0.29, 0.717) is 23.6 Å². The minimum absolute atomic E-state index is 0.0412. The number of nitrogens with one attached hydrogen (secondary N) is 4. The molecule has 0 radical (unpaired) electrons. The second kappa shape index (κ2) is 5.86. The Hall–Kier alpha value is -2.87. The minimum Gasteiger partial charge on any atom is -0.395 e. The van der Waals surface area contributed by atoms with Gasteiger partial charge in [-0.3, -0.25) is 9.89 Å². The van der Waals surface area contributed by atoms with Crippen molar-refractivity contribution in [3.63, 3.8) is 0 Å². The first-order chi connectivity index (χ1) is 10.7. The van der Waals surface area contributed by atoms with E-state index in [1.165, 1.54) is 6.20 Å². The second-order valence-electron chi connectivity index (χ2n) is 4.89. The lowest BCUT2D eigenvalue weighted by molar-refractivity contribution is 0.102. The molecule has 3 heterocycles. The van der Waals surface area contributed by atoms with E-state index in [0.717, 1.165) is 16.9 Å². The van der Waals surface area contributed by atoms with E-state index in [4.69, 9.17) is 5.11 Å². The van der Waals surface area contributed by atoms with Gasteiger partial charge in [0.15, 0.2) is 5.82 Å². The Kier molecular flexibility index (Phi) is 3.75. The molecule has 0 unspecified atom stereocenters. The molecule has 0 aliphatic rings. The number of rotatable bonds is 5. The number of anilines is 2. The monoisotopic (exact) mass is 300 g/mol. The van der Waals surface area contributed by atoms with Crippen LogP contribution in [0.2, 0.25) is 0 Å². The first-order valence-corrected chi connectivity index (χ1v) is 6.82. The Labute approximate surface area is 126 Å². The van der Waals surface area contributed by atoms with Gasteiger partial charge in [0.25, 0.3) is 5.91 Å². The number of fused-ring (bicyclic) bond motifs is 1. The van der Waals surface area contributed by atoms with Crippen molar-refractivity contribution in [2.24, 2.45) is 0 Å². The van der Waals surface area contributed by atoms with Crippen molar-refractivity contribution < 1.29 is 9.90 Å². The first kappa shape index (κ1) is 14.1. The maximum absolute atomic E-state index is 12.2. The zero-order valence-electron chi connectivity index (χ0n) is 12.0. The van der Waals surface area contributed by atoms with E-state index < -0.39 is 0 Å². The Morgan fingerprint density at radius 1 is 1.36 bits per heavy atom. The molecule has 0 aromatic carbocycles. The summed E-state index contributed by atoms with van der Waals surface area (Å²) in [5.74, 6) is 0.950. The fourth-order valence-electron chi connectivity index (χ4n) is 2.10. The highest BCUT2D eigenvalue weighted by molar-refractivity contribution is 6.05. The highest BCUT2D eigenvalue weighted by atomic mass is 16.3. The molecular weight excluding hydrogens is 284 g/mol. The zero-order valence-corrected chi connectivity index (χ0v) is 12.0. The van der Waals surface area contributed by atoms with Crippen molar-refractivity contribution in [3.8, 4) is 0 Å². The lowest BCUT2D eigenvalue weighted by Crippen LogP contribution is -2.12. The third kappa shape index (κ3) is 2.91. The number of aliphatic hydroxyl groups excluding tert-OH is 1. The number of aliphatic hydroxyl groups is 1. The van der Waals surface area contributed by atoms with Gasteiger partial charge in [0.2, 0.25) is 0 Å². The molecule has 0 saturated carbocycles. The van der Waals surface area contributed by atoms with Crippen LogP contribution < -0.4 is 10.6 Å². The van der Waals surface area contributed by atoms with E-state index in [1.54, 1.807) is 12.1 Å². The number of hydrogen-bond donors (Lipinski definition) is 5. The van der Waals surface area contributed by atoms with Crippen LogP contribution in [0.15, 0.2) is 24.4 Å². The number of pyridine rings is 1. The molecule has 0 bridgehead atoms. The second-order valence-corrected chi connectivity index (χ2v) is 4.89. The molecule has 8 heteroatoms. The maximum atomic E-state index is 12.2. The summed E-state index contributed by atoms with van der Waals surface area (Å²) in [4.78, 5) is 19.5. The van der Waals surface area contributed by atoms with Crippen LogP contribution in [0, 0.1) is 6.92 Å². The molecule has 0 atom stereocenters. The van der Waals surface area contributed by atoms with Crippen LogP contribution in [0.1, 0.15) is 16.1 Å². The number of aryl methyl sites for hydroxylation is 1. The molecule has 8 nitrogen and oxygen atoms in total. The van der Waals surface area contributed by atoms with Crippen molar-refractivity contribution in [1.29, 1.82) is 0 Å². The Bertz CT molecular complexity index is 807. The van der Waals surface area contributed by atoms with E-state index in [2.05, 4.69) is 30.8 Å². The van der Waals surface area contributed by atoms with Gasteiger partial charge in [0.05, 0.1) is 12.2 Å². The normalized spacial score (nSPS) is 10.8. The third-order valence-corrected chi connectivity index (χ3v) is 3.11. The highest BCUT2D eigenvalue weighted by Gasteiger charge is 2.10. The summed E-state index contributed by atoms with van der Waals surface area (Å²) in [6.07, 6.45) is 1.50. The van der Waals surface area contributed by atoms with Gasteiger partial charge in [-0.2, -0.15) is 5.10 Å². The van der Waals surface area contributed by atoms with E-state index in [1.807, 2.05) is 13.0 Å². The molecule has 3 rings (SSSR count). The summed E-state index contributed by atoms with van der Waals surface area (Å²) in [6, 6.07) is 5.34. The van der Waals surface area contributed by atoms with E-state index >= 15 is 0 Å². The highest BCUT2D eigenvalue weighted by Crippen LogP contribution is 2.18. The Morgan fingerprint density at radius 2 is 2.23 bits per heavy atom. The van der Waals surface area contributed by atoms with Crippen molar-refractivity contribution in [3.05, 3.63) is 35.7 Å². The minimum atomic E-state index is -0.271. The zero-order chi connectivity index (χ0) is 15.5. The lowest BCUT2D eigenvalue weighted by Gasteiger charge is -2.01. The number of aromatic nitrogens is 4. The van der Waals surface area contributed by atoms with Crippen LogP contribution in [-0.4, -0.2) is 44.3 Å². The van der Waals surface area contributed by atoms with Crippen LogP contribution in [0.4, 0.5) is 11.6 Å². The molecule has 22 heavy (non-hydrogen) atoms. The number of hydrogen-bond acceptors (Lipinski definition) is 5. The largest absolute Gasteiger partial charge is 0.395 e. The predicted octanol–water partition coefficient (Wildman–Crippen LogP) is 1.25. The molecule has 1 amide bonds. The molecular formula is C14H16N6O2. The molecule has 0 fully saturated rings. The Balaban J connectivity index is 1.79. The molecule has 5 N–H and O–H groups in total. The van der Waals surface area contributed by atoms with Gasteiger partial charge in [0.1, 0.15) is 11.5 Å². The van der Waals surface area contributed by atoms with E-state index in [9.17, 15) is 4.79 Å². The maximum Gasteiger partial charge on any atom is 0.258 e. The topological polar surface area (TPSA) is 119 Å². The van der Waals surface area contributed by atoms with E-state index in [-0.39, 0.29) is 12.5 Å². The SMILES string of the molecule is Cc1cc(NC(=O)c2cnc3[nH]c(NCCO)cc3c2)n[nH]1. The quantitative estimate of drug-likeness (QED) is 0.486. The standard InChI is InChI=1S/C14H16N6O2/c1-8-4-12(20-19-8)18-14(22)10-5-9-6-11(15-2-3-21)17-13(9)16-7-10/h4-7,15,21H,2-3H2,1H3,(H,16,17)(H2,18,19,20,22). The third-order valence-electron chi connectivity index (χ3n) is 3.11. The molecule has 3 aromatic heterocycles. The summed E-state index contributed by atoms with van der Waals surface area (Å²) in [6.45, 7) is 2.34. The van der Waals surface area contributed by atoms with Crippen molar-refractivity contribution >= 4 is 28.6 Å². The number of carbonyl (C=O) groups is 1. The molecule has 0 aliphatic heterocycles. The summed E-state index contributed by atoms with van der Waals surface area (Å²) in [7, 11) is 0. The van der Waals surface area contributed by atoms with Crippen LogP contribution in [-0.2, 0) is 0 Å².